The lowest BCUT2D eigenvalue weighted by atomic mass is 9.94. The number of aliphatic hydroxyl groups excluding tert-OH is 8. The fourth-order valence-electron chi connectivity index (χ4n) is 4.92. The first-order valence-electron chi connectivity index (χ1n) is 12.6. The number of hydrogen-bond acceptors (Lipinski definition) is 16. The molecule has 40 heavy (non-hydrogen) atoms. The molecule has 0 saturated carbocycles. The van der Waals surface area contributed by atoms with Crippen LogP contribution in [0.2, 0.25) is 0 Å². The molecule has 0 radical (unpaired) electrons. The van der Waals surface area contributed by atoms with Crippen molar-refractivity contribution in [1.29, 1.82) is 0 Å². The molecule has 12 N–H and O–H groups in total. The van der Waals surface area contributed by atoms with E-state index in [1.54, 1.807) is 0 Å². The van der Waals surface area contributed by atoms with Crippen LogP contribution in [0.4, 0.5) is 0 Å². The number of aliphatic hydroxyl groups is 8. The number of amides is 2. The van der Waals surface area contributed by atoms with E-state index in [0.717, 1.165) is 13.8 Å². The summed E-state index contributed by atoms with van der Waals surface area (Å²) in [5, 5.41) is 86.5. The Bertz CT molecular complexity index is 854. The molecule has 0 bridgehead atoms. The highest BCUT2D eigenvalue weighted by Crippen LogP contribution is 2.32. The van der Waals surface area contributed by atoms with Crippen LogP contribution in [0.5, 0.6) is 0 Å². The molecule has 1 unspecified atom stereocenters. The van der Waals surface area contributed by atoms with Crippen molar-refractivity contribution in [2.24, 2.45) is 5.73 Å². The van der Waals surface area contributed by atoms with Gasteiger partial charge in [-0.1, -0.05) is 0 Å². The predicted octanol–water partition coefficient (Wildman–Crippen LogP) is -7.32. The summed E-state index contributed by atoms with van der Waals surface area (Å²) in [6, 6.07) is -4.17. The SMILES string of the molecule is CC(=O)N[C@H]1[C@H](O[C@H]2[C@H](O)[C@@H](NC(C)=O)C(O)O[C@@H]2CO)O[C@H](CO)[C@@H](O[C@@H]2O[C@H](CO)[C@@H](O)[C@H](O)[C@H]2N)[C@@H]1O. The Morgan fingerprint density at radius 3 is 1.65 bits per heavy atom. The van der Waals surface area contributed by atoms with Gasteiger partial charge in [0.05, 0.1) is 25.9 Å². The van der Waals surface area contributed by atoms with Crippen LogP contribution in [0.15, 0.2) is 0 Å². The lowest BCUT2D eigenvalue weighted by Crippen LogP contribution is -2.70. The minimum absolute atomic E-state index is 0.613. The van der Waals surface area contributed by atoms with Gasteiger partial charge in [0, 0.05) is 13.8 Å². The van der Waals surface area contributed by atoms with Crippen molar-refractivity contribution in [3.63, 3.8) is 0 Å². The van der Waals surface area contributed by atoms with Crippen LogP contribution in [0, 0.1) is 0 Å². The van der Waals surface area contributed by atoms with Crippen LogP contribution in [-0.4, -0.2) is 164 Å². The number of rotatable bonds is 9. The van der Waals surface area contributed by atoms with Crippen LogP contribution >= 0.6 is 0 Å². The molecule has 0 aliphatic carbocycles. The number of nitrogens with two attached hydrogens (primary N) is 1. The largest absolute Gasteiger partial charge is 0.394 e. The van der Waals surface area contributed by atoms with Crippen LogP contribution in [0.3, 0.4) is 0 Å². The van der Waals surface area contributed by atoms with Gasteiger partial charge in [-0.3, -0.25) is 9.59 Å². The lowest BCUT2D eigenvalue weighted by molar-refractivity contribution is -0.350. The number of carbonyl (C=O) groups is 2. The third-order valence-corrected chi connectivity index (χ3v) is 6.98. The average molecular weight is 586 g/mol. The third-order valence-electron chi connectivity index (χ3n) is 6.98. The monoisotopic (exact) mass is 585 g/mol. The zero-order valence-electron chi connectivity index (χ0n) is 21.8. The van der Waals surface area contributed by atoms with Crippen LogP contribution in [-0.2, 0) is 33.3 Å². The molecule has 3 aliphatic heterocycles. The van der Waals surface area contributed by atoms with Gasteiger partial charge in [-0.15, -0.1) is 0 Å². The molecule has 0 aromatic heterocycles. The Balaban J connectivity index is 1.85. The van der Waals surface area contributed by atoms with E-state index >= 15 is 0 Å². The molecule has 18 nitrogen and oxygen atoms in total. The van der Waals surface area contributed by atoms with Crippen LogP contribution in [0.1, 0.15) is 13.8 Å². The zero-order chi connectivity index (χ0) is 29.9. The molecule has 18 heteroatoms. The first-order valence-corrected chi connectivity index (χ1v) is 12.6. The quantitative estimate of drug-likeness (QED) is 0.120. The highest BCUT2D eigenvalue weighted by molar-refractivity contribution is 5.73. The number of carbonyl (C=O) groups excluding carboxylic acids is 2. The lowest BCUT2D eigenvalue weighted by Gasteiger charge is -2.49. The zero-order valence-corrected chi connectivity index (χ0v) is 21.8. The second kappa shape index (κ2) is 14.0. The van der Waals surface area contributed by atoms with E-state index in [9.17, 15) is 50.4 Å². The molecule has 3 fully saturated rings. The fourth-order valence-corrected chi connectivity index (χ4v) is 4.92. The van der Waals surface area contributed by atoms with Crippen LogP contribution in [0.25, 0.3) is 0 Å². The van der Waals surface area contributed by atoms with E-state index < -0.39 is 124 Å². The van der Waals surface area contributed by atoms with Gasteiger partial charge in [-0.2, -0.15) is 0 Å². The van der Waals surface area contributed by atoms with Crippen LogP contribution < -0.4 is 16.4 Å². The van der Waals surface area contributed by atoms with Gasteiger partial charge in [-0.25, -0.2) is 0 Å². The van der Waals surface area contributed by atoms with Gasteiger partial charge in [0.2, 0.25) is 11.8 Å². The molecular formula is C22H39N3O15. The third kappa shape index (κ3) is 7.05. The minimum Gasteiger partial charge on any atom is -0.394 e. The van der Waals surface area contributed by atoms with Crippen molar-refractivity contribution in [1.82, 2.24) is 10.6 Å². The molecule has 3 saturated heterocycles. The summed E-state index contributed by atoms with van der Waals surface area (Å²) in [5.74, 6) is -1.27. The van der Waals surface area contributed by atoms with E-state index in [2.05, 4.69) is 10.6 Å². The van der Waals surface area contributed by atoms with Gasteiger partial charge in [0.25, 0.3) is 0 Å². The Kier molecular flexibility index (Phi) is 11.5. The Hall–Kier alpha value is -1.62. The van der Waals surface area contributed by atoms with Crippen molar-refractivity contribution in [3.8, 4) is 0 Å². The number of nitrogens with one attached hydrogen (secondary N) is 2. The smallest absolute Gasteiger partial charge is 0.217 e. The molecule has 0 aromatic rings. The molecule has 2 amide bonds. The summed E-state index contributed by atoms with van der Waals surface area (Å²) in [7, 11) is 0. The average Bonchev–Trinajstić information content (AvgIpc) is 2.90. The fraction of sp³-hybridized carbons (Fsp3) is 0.909. The summed E-state index contributed by atoms with van der Waals surface area (Å²) in [4.78, 5) is 23.6. The van der Waals surface area contributed by atoms with Crippen molar-refractivity contribution in [2.75, 3.05) is 19.8 Å². The number of hydrogen-bond donors (Lipinski definition) is 11. The van der Waals surface area contributed by atoms with Gasteiger partial charge in [0.1, 0.15) is 67.0 Å². The highest BCUT2D eigenvalue weighted by atomic mass is 16.7. The Morgan fingerprint density at radius 1 is 0.675 bits per heavy atom. The summed E-state index contributed by atoms with van der Waals surface area (Å²) in [6.45, 7) is 0.0225. The normalized spacial score (nSPS) is 46.0. The van der Waals surface area contributed by atoms with Gasteiger partial charge < -0.3 is 80.9 Å². The summed E-state index contributed by atoms with van der Waals surface area (Å²) in [5.41, 5.74) is 5.91. The predicted molar refractivity (Wildman–Crippen MR) is 126 cm³/mol. The van der Waals surface area contributed by atoms with E-state index in [1.807, 2.05) is 0 Å². The molecular weight excluding hydrogens is 546 g/mol. The topological polar surface area (TPSA) is 292 Å². The Morgan fingerprint density at radius 2 is 1.12 bits per heavy atom. The van der Waals surface area contributed by atoms with Gasteiger partial charge in [0.15, 0.2) is 18.9 Å². The van der Waals surface area contributed by atoms with E-state index in [1.165, 1.54) is 0 Å². The Labute approximate surface area is 228 Å². The first kappa shape index (κ1) is 32.9. The van der Waals surface area contributed by atoms with E-state index in [0.29, 0.717) is 0 Å². The second-order valence-electron chi connectivity index (χ2n) is 9.89. The molecule has 0 spiro atoms. The molecule has 3 heterocycles. The van der Waals surface area contributed by atoms with E-state index in [4.69, 9.17) is 29.4 Å². The number of ether oxygens (including phenoxy) is 5. The van der Waals surface area contributed by atoms with Gasteiger partial charge >= 0.3 is 0 Å². The van der Waals surface area contributed by atoms with Crippen molar-refractivity contribution < 1.29 is 74.1 Å². The molecule has 15 atom stereocenters. The standard InChI is InChI=1S/C22H39N3O15/c1-6(29)24-12-16(33)18(9(4-27)36-20(12)35)40-22-13(25-7(2)30)17(34)19(10(5-28)38-22)39-21-11(23)15(32)14(31)8(3-26)37-21/h8-22,26-28,31-35H,3-5,23H2,1-2H3,(H,24,29)(H,25,30)/t8-,9-,10-,11-,12-,13-,14-,15-,16-,17-,18-,19-,20?,21+,22+/m1/s1. The van der Waals surface area contributed by atoms with Crippen molar-refractivity contribution in [2.45, 2.75) is 106 Å². The second-order valence-corrected chi connectivity index (χ2v) is 9.89. The summed E-state index contributed by atoms with van der Waals surface area (Å²) >= 11 is 0. The highest BCUT2D eigenvalue weighted by Gasteiger charge is 2.53. The maximum absolute atomic E-state index is 12.0. The molecule has 3 aliphatic rings. The minimum atomic E-state index is -1.71. The molecule has 3 rings (SSSR count). The summed E-state index contributed by atoms with van der Waals surface area (Å²) in [6.07, 6.45) is -18.3. The maximum Gasteiger partial charge on any atom is 0.217 e. The first-order chi connectivity index (χ1) is 18.8. The summed E-state index contributed by atoms with van der Waals surface area (Å²) < 4.78 is 28.0. The van der Waals surface area contributed by atoms with Gasteiger partial charge in [-0.05, 0) is 0 Å². The maximum atomic E-state index is 12.0. The molecule has 232 valence electrons. The van der Waals surface area contributed by atoms with E-state index in [-0.39, 0.29) is 0 Å². The van der Waals surface area contributed by atoms with Crippen molar-refractivity contribution in [3.05, 3.63) is 0 Å². The van der Waals surface area contributed by atoms with Crippen molar-refractivity contribution >= 4 is 11.8 Å². The molecule has 0 aromatic carbocycles.